The van der Waals surface area contributed by atoms with Gasteiger partial charge in [0.2, 0.25) is 0 Å². The molecule has 0 radical (unpaired) electrons. The van der Waals surface area contributed by atoms with E-state index in [-0.39, 0.29) is 17.8 Å². The molecule has 1 N–H and O–H groups in total. The summed E-state index contributed by atoms with van der Waals surface area (Å²) < 4.78 is 24.4. The normalized spacial score (nSPS) is 13.4. The number of anilines is 1. The molecule has 0 saturated heterocycles. The molecule has 0 saturated carbocycles. The van der Waals surface area contributed by atoms with Crippen LogP contribution in [0.15, 0.2) is 78.5 Å². The van der Waals surface area contributed by atoms with Gasteiger partial charge in [0.15, 0.2) is 0 Å². The van der Waals surface area contributed by atoms with Crippen LogP contribution in [0, 0.1) is 5.82 Å². The molecule has 3 aromatic rings. The molecule has 34 heavy (non-hydrogen) atoms. The van der Waals surface area contributed by atoms with Gasteiger partial charge in [-0.1, -0.05) is 36.4 Å². The Hall–Kier alpha value is -4.13. The van der Waals surface area contributed by atoms with E-state index < -0.39 is 17.6 Å². The third-order valence-electron chi connectivity index (χ3n) is 5.53. The molecule has 0 spiro atoms. The van der Waals surface area contributed by atoms with Crippen molar-refractivity contribution in [3.63, 3.8) is 0 Å². The fraction of sp³-hybridized carbons (Fsp3) is 0.185. The summed E-state index contributed by atoms with van der Waals surface area (Å²) >= 11 is 0. The molecule has 0 aliphatic carbocycles. The van der Waals surface area contributed by atoms with Gasteiger partial charge in [-0.3, -0.25) is 14.5 Å². The van der Waals surface area contributed by atoms with Crippen molar-refractivity contribution in [2.75, 3.05) is 25.6 Å². The standard InChI is InChI=1S/C27H25FN2O4/c1-3-34-23-7-5-4-6-22(23)29-25-24(19-10-12-20(28)13-11-19)26(31)30(27(25)32)17-16-18-8-14-21(33-2)15-9-18/h4-15,29H,3,16-17H2,1-2H3. The predicted octanol–water partition coefficient (Wildman–Crippen LogP) is 4.67. The van der Waals surface area contributed by atoms with Crippen molar-refractivity contribution >= 4 is 23.1 Å². The molecule has 174 valence electrons. The number of benzene rings is 3. The molecule has 7 heteroatoms. The minimum absolute atomic E-state index is 0.137. The van der Waals surface area contributed by atoms with Crippen LogP contribution >= 0.6 is 0 Å². The summed E-state index contributed by atoms with van der Waals surface area (Å²) in [4.78, 5) is 28.0. The van der Waals surface area contributed by atoms with Gasteiger partial charge < -0.3 is 14.8 Å². The van der Waals surface area contributed by atoms with Crippen molar-refractivity contribution in [3.8, 4) is 11.5 Å². The average Bonchev–Trinajstić information content (AvgIpc) is 3.08. The first-order valence-corrected chi connectivity index (χ1v) is 11.0. The van der Waals surface area contributed by atoms with Crippen LogP contribution in [0.25, 0.3) is 5.57 Å². The van der Waals surface area contributed by atoms with Gasteiger partial charge in [-0.15, -0.1) is 0 Å². The van der Waals surface area contributed by atoms with Crippen LogP contribution in [0.5, 0.6) is 11.5 Å². The highest BCUT2D eigenvalue weighted by atomic mass is 19.1. The first-order chi connectivity index (χ1) is 16.5. The molecule has 1 aliphatic rings. The zero-order chi connectivity index (χ0) is 24.1. The molecule has 0 aromatic heterocycles. The number of methoxy groups -OCH3 is 1. The predicted molar refractivity (Wildman–Crippen MR) is 128 cm³/mol. The van der Waals surface area contributed by atoms with Gasteiger partial charge in [-0.05, 0) is 60.9 Å². The lowest BCUT2D eigenvalue weighted by molar-refractivity contribution is -0.136. The van der Waals surface area contributed by atoms with Gasteiger partial charge in [-0.2, -0.15) is 0 Å². The number of nitrogens with one attached hydrogen (secondary N) is 1. The van der Waals surface area contributed by atoms with Gasteiger partial charge in [0, 0.05) is 6.54 Å². The molecule has 6 nitrogen and oxygen atoms in total. The molecule has 2 amide bonds. The van der Waals surface area contributed by atoms with E-state index in [4.69, 9.17) is 9.47 Å². The summed E-state index contributed by atoms with van der Waals surface area (Å²) in [5.41, 5.74) is 2.33. The highest BCUT2D eigenvalue weighted by Crippen LogP contribution is 2.33. The van der Waals surface area contributed by atoms with Crippen LogP contribution in [0.2, 0.25) is 0 Å². The van der Waals surface area contributed by atoms with E-state index in [1.807, 2.05) is 43.3 Å². The van der Waals surface area contributed by atoms with E-state index in [0.29, 0.717) is 30.0 Å². The zero-order valence-electron chi connectivity index (χ0n) is 19.0. The molecule has 0 bridgehead atoms. The number of hydrogen-bond acceptors (Lipinski definition) is 5. The second-order valence-electron chi connectivity index (χ2n) is 7.67. The monoisotopic (exact) mass is 460 g/mol. The van der Waals surface area contributed by atoms with Crippen LogP contribution in [0.1, 0.15) is 18.1 Å². The number of rotatable bonds is 9. The van der Waals surface area contributed by atoms with Gasteiger partial charge in [-0.25, -0.2) is 4.39 Å². The average molecular weight is 461 g/mol. The maximum atomic E-state index is 13.5. The SMILES string of the molecule is CCOc1ccccc1NC1=C(c2ccc(F)cc2)C(=O)N(CCc2ccc(OC)cc2)C1=O. The van der Waals surface area contributed by atoms with Crippen molar-refractivity contribution in [3.05, 3.63) is 95.4 Å². The number of hydrogen-bond donors (Lipinski definition) is 1. The molecule has 0 unspecified atom stereocenters. The van der Waals surface area contributed by atoms with Gasteiger partial charge in [0.05, 0.1) is 25.0 Å². The third kappa shape index (κ3) is 4.78. The summed E-state index contributed by atoms with van der Waals surface area (Å²) in [6.07, 6.45) is 0.487. The number of carbonyl (C=O) groups excluding carboxylic acids is 2. The topological polar surface area (TPSA) is 67.9 Å². The highest BCUT2D eigenvalue weighted by molar-refractivity contribution is 6.36. The van der Waals surface area contributed by atoms with E-state index in [0.717, 1.165) is 11.3 Å². The van der Waals surface area contributed by atoms with E-state index >= 15 is 0 Å². The van der Waals surface area contributed by atoms with Gasteiger partial charge in [0.1, 0.15) is 23.0 Å². The van der Waals surface area contributed by atoms with Crippen molar-refractivity contribution in [2.45, 2.75) is 13.3 Å². The Morgan fingerprint density at radius 3 is 2.29 bits per heavy atom. The Balaban J connectivity index is 1.65. The number of ether oxygens (including phenoxy) is 2. The molecule has 0 atom stereocenters. The number of carbonyl (C=O) groups is 2. The van der Waals surface area contributed by atoms with E-state index in [2.05, 4.69) is 5.32 Å². The largest absolute Gasteiger partial charge is 0.497 e. The van der Waals surface area contributed by atoms with Crippen LogP contribution < -0.4 is 14.8 Å². The maximum Gasteiger partial charge on any atom is 0.278 e. The second kappa shape index (κ2) is 10.2. The van der Waals surface area contributed by atoms with Crippen molar-refractivity contribution < 1.29 is 23.5 Å². The number of amides is 2. The van der Waals surface area contributed by atoms with E-state index in [1.165, 1.54) is 29.2 Å². The summed E-state index contributed by atoms with van der Waals surface area (Å²) in [5.74, 6) is 0.00371. The van der Waals surface area contributed by atoms with E-state index in [1.54, 1.807) is 19.2 Å². The van der Waals surface area contributed by atoms with Crippen LogP contribution in [-0.4, -0.2) is 37.0 Å². The third-order valence-corrected chi connectivity index (χ3v) is 5.53. The van der Waals surface area contributed by atoms with Crippen LogP contribution in [-0.2, 0) is 16.0 Å². The summed E-state index contributed by atoms with van der Waals surface area (Å²) in [7, 11) is 1.59. The summed E-state index contributed by atoms with van der Waals surface area (Å²) in [6.45, 7) is 2.52. The minimum atomic E-state index is -0.441. The fourth-order valence-electron chi connectivity index (χ4n) is 3.80. The van der Waals surface area contributed by atoms with Crippen LogP contribution in [0.3, 0.4) is 0 Å². The lowest BCUT2D eigenvalue weighted by Crippen LogP contribution is -2.34. The number of nitrogens with zero attached hydrogens (tertiary/aromatic N) is 1. The minimum Gasteiger partial charge on any atom is -0.497 e. The quantitative estimate of drug-likeness (QED) is 0.470. The molecule has 4 rings (SSSR count). The van der Waals surface area contributed by atoms with Crippen LogP contribution in [0.4, 0.5) is 10.1 Å². The van der Waals surface area contributed by atoms with Crippen molar-refractivity contribution in [1.82, 2.24) is 4.90 Å². The molecule has 1 heterocycles. The zero-order valence-corrected chi connectivity index (χ0v) is 19.0. The fourth-order valence-corrected chi connectivity index (χ4v) is 3.80. The smallest absolute Gasteiger partial charge is 0.278 e. The maximum absolute atomic E-state index is 13.5. The van der Waals surface area contributed by atoms with Crippen molar-refractivity contribution in [2.24, 2.45) is 0 Å². The first-order valence-electron chi connectivity index (χ1n) is 11.0. The van der Waals surface area contributed by atoms with Crippen molar-refractivity contribution in [1.29, 1.82) is 0 Å². The Kier molecular flexibility index (Phi) is 6.92. The Labute approximate surface area is 197 Å². The molecule has 1 aliphatic heterocycles. The Morgan fingerprint density at radius 2 is 1.62 bits per heavy atom. The first kappa shape index (κ1) is 23.0. The lowest BCUT2D eigenvalue weighted by atomic mass is 10.0. The molecule has 3 aromatic carbocycles. The Bertz CT molecular complexity index is 1220. The second-order valence-corrected chi connectivity index (χ2v) is 7.67. The lowest BCUT2D eigenvalue weighted by Gasteiger charge is -2.16. The number of halogens is 1. The highest BCUT2D eigenvalue weighted by Gasteiger charge is 2.39. The number of para-hydroxylation sites is 2. The van der Waals surface area contributed by atoms with Gasteiger partial charge >= 0.3 is 0 Å². The molecule has 0 fully saturated rings. The van der Waals surface area contributed by atoms with E-state index in [9.17, 15) is 14.0 Å². The van der Waals surface area contributed by atoms with Gasteiger partial charge in [0.25, 0.3) is 11.8 Å². The summed E-state index contributed by atoms with van der Waals surface area (Å²) in [5, 5.41) is 3.11. The number of imide groups is 1. The summed E-state index contributed by atoms with van der Waals surface area (Å²) in [6, 6.07) is 20.2. The molecular formula is C27H25FN2O4. The Morgan fingerprint density at radius 1 is 0.912 bits per heavy atom. The molecular weight excluding hydrogens is 435 g/mol.